The molecule has 7 heteroatoms. The van der Waals surface area contributed by atoms with Gasteiger partial charge >= 0.3 is 5.97 Å². The Morgan fingerprint density at radius 3 is 2.40 bits per heavy atom. The summed E-state index contributed by atoms with van der Waals surface area (Å²) < 4.78 is 12.4. The molecule has 0 fully saturated rings. The third-order valence-electron chi connectivity index (χ3n) is 4.80. The number of amides is 1. The molecule has 3 rings (SSSR count). The van der Waals surface area contributed by atoms with Gasteiger partial charge in [0.1, 0.15) is 5.75 Å². The fourth-order valence-electron chi connectivity index (χ4n) is 3.58. The summed E-state index contributed by atoms with van der Waals surface area (Å²) in [5.74, 6) is -2.03. The molecule has 156 valence electrons. The van der Waals surface area contributed by atoms with Gasteiger partial charge in [0.2, 0.25) is 0 Å². The summed E-state index contributed by atoms with van der Waals surface area (Å²) in [5, 5.41) is 0. The highest BCUT2D eigenvalue weighted by Gasteiger charge is 2.27. The van der Waals surface area contributed by atoms with Crippen LogP contribution >= 0.6 is 0 Å². The summed E-state index contributed by atoms with van der Waals surface area (Å²) in [5.41, 5.74) is 8.64. The van der Waals surface area contributed by atoms with Gasteiger partial charge in [-0.1, -0.05) is 37.3 Å². The quantitative estimate of drug-likeness (QED) is 0.333. The average Bonchev–Trinajstić information content (AvgIpc) is 3.06. The number of hydrogen-bond donors (Lipinski definition) is 1. The van der Waals surface area contributed by atoms with Crippen LogP contribution in [-0.4, -0.2) is 35.3 Å². The first-order valence-corrected chi connectivity index (χ1v) is 9.79. The Morgan fingerprint density at radius 1 is 1.03 bits per heavy atom. The first kappa shape index (κ1) is 21.1. The van der Waals surface area contributed by atoms with E-state index in [-0.39, 0.29) is 18.8 Å². The minimum Gasteiger partial charge on any atom is -0.480 e. The number of rotatable bonds is 9. The number of nitrogens with zero attached hydrogens (tertiary/aromatic N) is 1. The second-order valence-corrected chi connectivity index (χ2v) is 6.69. The van der Waals surface area contributed by atoms with E-state index in [1.807, 2.05) is 47.9 Å². The van der Waals surface area contributed by atoms with Crippen LogP contribution in [0.4, 0.5) is 0 Å². The van der Waals surface area contributed by atoms with Crippen LogP contribution in [0.1, 0.15) is 41.0 Å². The molecule has 0 aliphatic rings. The topological polar surface area (TPSA) is 100 Å². The molecule has 0 bridgehead atoms. The maximum absolute atomic E-state index is 12.8. The number of nitrogens with two attached hydrogens (primary N) is 1. The number of fused-ring (bicyclic) bond motifs is 1. The molecule has 0 unspecified atom stereocenters. The maximum atomic E-state index is 12.8. The van der Waals surface area contributed by atoms with Gasteiger partial charge in [0.25, 0.3) is 11.7 Å². The molecule has 0 radical (unpaired) electrons. The average molecular weight is 408 g/mol. The van der Waals surface area contributed by atoms with Gasteiger partial charge < -0.3 is 19.6 Å². The number of primary amides is 1. The highest BCUT2D eigenvalue weighted by molar-refractivity contribution is 6.44. The van der Waals surface area contributed by atoms with Crippen LogP contribution in [0.2, 0.25) is 0 Å². The number of carbonyl (C=O) groups excluding carboxylic acids is 3. The number of ketones is 1. The Balaban J connectivity index is 2.18. The molecule has 2 N–H and O–H groups in total. The lowest BCUT2D eigenvalue weighted by Gasteiger charge is -2.10. The van der Waals surface area contributed by atoms with Gasteiger partial charge in [0.15, 0.2) is 6.61 Å². The van der Waals surface area contributed by atoms with E-state index in [1.54, 1.807) is 19.1 Å². The van der Waals surface area contributed by atoms with Crippen molar-refractivity contribution in [1.82, 2.24) is 4.40 Å². The van der Waals surface area contributed by atoms with Crippen LogP contribution < -0.4 is 10.5 Å². The molecule has 0 aliphatic heterocycles. The summed E-state index contributed by atoms with van der Waals surface area (Å²) in [6, 6.07) is 13.2. The third-order valence-corrected chi connectivity index (χ3v) is 4.80. The Morgan fingerprint density at radius 2 is 1.77 bits per heavy atom. The van der Waals surface area contributed by atoms with Gasteiger partial charge in [-0.05, 0) is 36.6 Å². The molecule has 0 aliphatic carbocycles. The summed E-state index contributed by atoms with van der Waals surface area (Å²) in [6.07, 6.45) is 2.88. The van der Waals surface area contributed by atoms with E-state index in [4.69, 9.17) is 15.2 Å². The van der Waals surface area contributed by atoms with E-state index in [0.29, 0.717) is 24.1 Å². The van der Waals surface area contributed by atoms with E-state index in [2.05, 4.69) is 0 Å². The normalized spacial score (nSPS) is 10.7. The van der Waals surface area contributed by atoms with Crippen molar-refractivity contribution in [3.05, 3.63) is 71.0 Å². The van der Waals surface area contributed by atoms with Crippen LogP contribution in [0.25, 0.3) is 5.52 Å². The van der Waals surface area contributed by atoms with Crippen molar-refractivity contribution in [3.63, 3.8) is 0 Å². The molecule has 0 atom stereocenters. The molecule has 0 saturated heterocycles. The van der Waals surface area contributed by atoms with Crippen molar-refractivity contribution in [2.45, 2.75) is 26.7 Å². The van der Waals surface area contributed by atoms with Crippen LogP contribution in [0.3, 0.4) is 0 Å². The molecule has 0 saturated carbocycles. The number of carbonyl (C=O) groups is 3. The van der Waals surface area contributed by atoms with Gasteiger partial charge in [-0.25, -0.2) is 4.79 Å². The highest BCUT2D eigenvalue weighted by Crippen LogP contribution is 2.33. The fourth-order valence-corrected chi connectivity index (χ4v) is 3.58. The predicted octanol–water partition coefficient (Wildman–Crippen LogP) is 2.70. The number of hydrogen-bond acceptors (Lipinski definition) is 5. The zero-order chi connectivity index (χ0) is 21.7. The Labute approximate surface area is 174 Å². The largest absolute Gasteiger partial charge is 0.480 e. The number of Topliss-reactive ketones (excluding diaryl/α,β-unsaturated/α-hetero) is 1. The Kier molecular flexibility index (Phi) is 6.51. The monoisotopic (exact) mass is 408 g/mol. The summed E-state index contributed by atoms with van der Waals surface area (Å²) in [7, 11) is 0. The molecule has 0 spiro atoms. The van der Waals surface area contributed by atoms with E-state index in [1.165, 1.54) is 0 Å². The van der Waals surface area contributed by atoms with Crippen molar-refractivity contribution >= 4 is 23.2 Å². The molecular weight excluding hydrogens is 384 g/mol. The lowest BCUT2D eigenvalue weighted by molar-refractivity contribution is -0.145. The molecule has 1 aromatic carbocycles. The zero-order valence-corrected chi connectivity index (χ0v) is 17.0. The minimum atomic E-state index is -1.04. The predicted molar refractivity (Wildman–Crippen MR) is 112 cm³/mol. The maximum Gasteiger partial charge on any atom is 0.344 e. The van der Waals surface area contributed by atoms with Gasteiger partial charge in [-0.15, -0.1) is 0 Å². The van der Waals surface area contributed by atoms with Crippen LogP contribution in [-0.2, 0) is 27.2 Å². The number of benzene rings is 1. The summed E-state index contributed by atoms with van der Waals surface area (Å²) in [4.78, 5) is 36.3. The van der Waals surface area contributed by atoms with Gasteiger partial charge in [0.05, 0.1) is 17.7 Å². The van der Waals surface area contributed by atoms with E-state index in [9.17, 15) is 14.4 Å². The van der Waals surface area contributed by atoms with Crippen molar-refractivity contribution < 1.29 is 23.9 Å². The number of esters is 1. The summed E-state index contributed by atoms with van der Waals surface area (Å²) >= 11 is 0. The standard InChI is InChI=1S/C23H24N2O5/c1-3-16-17(13-15-9-6-5-7-10-15)25-12-8-11-18(30-14-19(26)29-4-2)21(25)20(16)22(27)23(24)28/h5-12H,3-4,13-14H2,1-2H3,(H2,24,28). The highest BCUT2D eigenvalue weighted by atomic mass is 16.6. The Bertz CT molecular complexity index is 1090. The van der Waals surface area contributed by atoms with E-state index in [0.717, 1.165) is 16.8 Å². The van der Waals surface area contributed by atoms with E-state index < -0.39 is 17.7 Å². The smallest absolute Gasteiger partial charge is 0.344 e. The fraction of sp³-hybridized carbons (Fsp3) is 0.261. The lowest BCUT2D eigenvalue weighted by Crippen LogP contribution is -2.24. The van der Waals surface area contributed by atoms with Crippen molar-refractivity contribution in [3.8, 4) is 5.75 Å². The van der Waals surface area contributed by atoms with Crippen LogP contribution in [0.15, 0.2) is 48.7 Å². The van der Waals surface area contributed by atoms with Gasteiger partial charge in [-0.2, -0.15) is 0 Å². The minimum absolute atomic E-state index is 0.218. The van der Waals surface area contributed by atoms with Gasteiger partial charge in [-0.3, -0.25) is 9.59 Å². The molecule has 30 heavy (non-hydrogen) atoms. The van der Waals surface area contributed by atoms with Gasteiger partial charge in [0, 0.05) is 18.3 Å². The molecule has 2 heterocycles. The van der Waals surface area contributed by atoms with Crippen molar-refractivity contribution in [2.75, 3.05) is 13.2 Å². The number of aromatic nitrogens is 1. The molecule has 2 aromatic heterocycles. The second kappa shape index (κ2) is 9.26. The molecule has 3 aromatic rings. The van der Waals surface area contributed by atoms with E-state index >= 15 is 0 Å². The number of ether oxygens (including phenoxy) is 2. The third kappa shape index (κ3) is 4.20. The molecule has 7 nitrogen and oxygen atoms in total. The SMILES string of the molecule is CCOC(=O)COc1cccn2c(Cc3ccccc3)c(CC)c(C(=O)C(N)=O)c12. The van der Waals surface area contributed by atoms with Crippen molar-refractivity contribution in [2.24, 2.45) is 5.73 Å². The molecule has 1 amide bonds. The van der Waals surface area contributed by atoms with Crippen LogP contribution in [0.5, 0.6) is 5.75 Å². The van der Waals surface area contributed by atoms with Crippen molar-refractivity contribution in [1.29, 1.82) is 0 Å². The number of pyridine rings is 1. The Hall–Kier alpha value is -3.61. The second-order valence-electron chi connectivity index (χ2n) is 6.69. The van der Waals surface area contributed by atoms with Crippen LogP contribution in [0, 0.1) is 0 Å². The first-order valence-electron chi connectivity index (χ1n) is 9.79. The zero-order valence-electron chi connectivity index (χ0n) is 17.0. The first-order chi connectivity index (χ1) is 14.5. The lowest BCUT2D eigenvalue weighted by atomic mass is 9.99. The molecular formula is C23H24N2O5. The summed E-state index contributed by atoms with van der Waals surface area (Å²) in [6.45, 7) is 3.56.